The monoisotopic (exact) mass is 437 g/mol. The van der Waals surface area contributed by atoms with Gasteiger partial charge in [-0.2, -0.15) is 0 Å². The number of carbonyl (C=O) groups excluding carboxylic acids is 3. The van der Waals surface area contributed by atoms with Crippen molar-refractivity contribution in [2.45, 2.75) is 6.92 Å². The Morgan fingerprint density at radius 3 is 2.29 bits per heavy atom. The van der Waals surface area contributed by atoms with Crippen LogP contribution in [-0.4, -0.2) is 29.9 Å². The van der Waals surface area contributed by atoms with Gasteiger partial charge >= 0.3 is 6.03 Å². The molecule has 2 aromatic carbocycles. The number of anilines is 3. The lowest BCUT2D eigenvalue weighted by atomic mass is 10.1. The van der Waals surface area contributed by atoms with Crippen LogP contribution in [0.2, 0.25) is 5.02 Å². The molecule has 158 valence electrons. The number of nitrogens with zero attached hydrogens (tertiary/aromatic N) is 2. The molecule has 0 aliphatic heterocycles. The predicted molar refractivity (Wildman–Crippen MR) is 121 cm³/mol. The Balaban J connectivity index is 1.80. The van der Waals surface area contributed by atoms with Crippen LogP contribution in [0.4, 0.5) is 22.0 Å². The number of hydrogen-bond acceptors (Lipinski definition) is 4. The van der Waals surface area contributed by atoms with Gasteiger partial charge in [-0.15, -0.1) is 0 Å². The van der Waals surface area contributed by atoms with Crippen molar-refractivity contribution in [2.24, 2.45) is 5.73 Å². The fourth-order valence-electron chi connectivity index (χ4n) is 2.75. The largest absolute Gasteiger partial charge is 0.351 e. The van der Waals surface area contributed by atoms with Gasteiger partial charge in [-0.1, -0.05) is 23.2 Å². The molecule has 31 heavy (non-hydrogen) atoms. The highest BCUT2D eigenvalue weighted by Crippen LogP contribution is 2.21. The van der Waals surface area contributed by atoms with Crippen LogP contribution in [0.15, 0.2) is 60.8 Å². The number of hydrogen-bond donors (Lipinski definition) is 3. The first-order valence-corrected chi connectivity index (χ1v) is 9.60. The summed E-state index contributed by atoms with van der Waals surface area (Å²) in [7, 11) is 1.53. The Labute approximate surface area is 184 Å². The van der Waals surface area contributed by atoms with Crippen LogP contribution in [0.1, 0.15) is 26.3 Å². The second-order valence-corrected chi connectivity index (χ2v) is 7.20. The average Bonchev–Trinajstić information content (AvgIpc) is 2.76. The summed E-state index contributed by atoms with van der Waals surface area (Å²) in [6, 6.07) is 14.1. The van der Waals surface area contributed by atoms with Crippen LogP contribution in [-0.2, 0) is 0 Å². The minimum absolute atomic E-state index is 0.287. The van der Waals surface area contributed by atoms with Crippen molar-refractivity contribution in [1.29, 1.82) is 0 Å². The number of urea groups is 1. The van der Waals surface area contributed by atoms with Crippen molar-refractivity contribution < 1.29 is 14.4 Å². The van der Waals surface area contributed by atoms with Gasteiger partial charge in [0.2, 0.25) is 0 Å². The first-order valence-electron chi connectivity index (χ1n) is 9.23. The van der Waals surface area contributed by atoms with Gasteiger partial charge in [-0.25, -0.2) is 9.78 Å². The van der Waals surface area contributed by atoms with Crippen molar-refractivity contribution in [3.8, 4) is 0 Å². The number of pyridine rings is 1. The molecule has 0 aliphatic rings. The molecule has 0 aliphatic carbocycles. The molecule has 0 bridgehead atoms. The van der Waals surface area contributed by atoms with E-state index in [4.69, 9.17) is 17.3 Å². The van der Waals surface area contributed by atoms with Crippen LogP contribution < -0.4 is 21.3 Å². The maximum absolute atomic E-state index is 12.8. The number of aryl methyl sites for hydroxylation is 1. The number of rotatable bonds is 5. The Bertz CT molecular complexity index is 1130. The number of amides is 4. The van der Waals surface area contributed by atoms with Crippen molar-refractivity contribution in [1.82, 2.24) is 4.98 Å². The van der Waals surface area contributed by atoms with Gasteiger partial charge in [0.05, 0.1) is 16.3 Å². The van der Waals surface area contributed by atoms with Crippen LogP contribution >= 0.6 is 11.6 Å². The van der Waals surface area contributed by atoms with E-state index >= 15 is 0 Å². The van der Waals surface area contributed by atoms with Crippen LogP contribution in [0.5, 0.6) is 0 Å². The average molecular weight is 438 g/mol. The molecule has 1 aromatic heterocycles. The molecule has 0 spiro atoms. The Hall–Kier alpha value is -3.91. The number of aromatic nitrogens is 1. The molecule has 0 fully saturated rings. The Kier molecular flexibility index (Phi) is 6.52. The van der Waals surface area contributed by atoms with E-state index in [2.05, 4.69) is 15.6 Å². The zero-order valence-corrected chi connectivity index (χ0v) is 17.6. The molecule has 0 unspecified atom stereocenters. The minimum atomic E-state index is -0.609. The summed E-state index contributed by atoms with van der Waals surface area (Å²) in [5.41, 5.74) is 7.64. The first-order chi connectivity index (χ1) is 14.7. The predicted octanol–water partition coefficient (Wildman–Crippen LogP) is 4.06. The molecular weight excluding hydrogens is 418 g/mol. The molecule has 0 atom stereocenters. The summed E-state index contributed by atoms with van der Waals surface area (Å²) in [6.07, 6.45) is 1.43. The van der Waals surface area contributed by atoms with E-state index in [1.54, 1.807) is 54.6 Å². The van der Waals surface area contributed by atoms with Crippen molar-refractivity contribution in [3.05, 3.63) is 82.5 Å². The number of halogens is 1. The summed E-state index contributed by atoms with van der Waals surface area (Å²) < 4.78 is 0. The number of nitrogens with one attached hydrogen (secondary N) is 2. The van der Waals surface area contributed by atoms with Crippen LogP contribution in [0.25, 0.3) is 0 Å². The highest BCUT2D eigenvalue weighted by Gasteiger charge is 2.16. The molecule has 4 N–H and O–H groups in total. The van der Waals surface area contributed by atoms with E-state index in [0.717, 1.165) is 5.56 Å². The second-order valence-electron chi connectivity index (χ2n) is 6.76. The number of nitrogens with two attached hydrogens (primary N) is 1. The zero-order valence-electron chi connectivity index (χ0n) is 16.8. The van der Waals surface area contributed by atoms with E-state index < -0.39 is 17.8 Å². The summed E-state index contributed by atoms with van der Waals surface area (Å²) in [5, 5.41) is 5.90. The zero-order chi connectivity index (χ0) is 22.5. The maximum atomic E-state index is 12.8. The van der Waals surface area contributed by atoms with E-state index in [1.165, 1.54) is 18.1 Å². The molecule has 0 radical (unpaired) electrons. The first kappa shape index (κ1) is 21.8. The SMILES string of the molecule is Cc1ccc(NC(=O)c2ccc(N(C)C(N)=O)cc2)c(C(=O)Nc2ccc(Cl)cn2)c1. The third-order valence-electron chi connectivity index (χ3n) is 4.48. The van der Waals surface area contributed by atoms with Crippen LogP contribution in [0, 0.1) is 6.92 Å². The van der Waals surface area contributed by atoms with Gasteiger partial charge in [0.25, 0.3) is 11.8 Å². The minimum Gasteiger partial charge on any atom is -0.351 e. The molecule has 1 heterocycles. The molecule has 3 aromatic rings. The normalized spacial score (nSPS) is 10.3. The molecule has 3 rings (SSSR count). The Morgan fingerprint density at radius 2 is 1.68 bits per heavy atom. The smallest absolute Gasteiger partial charge is 0.318 e. The quantitative estimate of drug-likeness (QED) is 0.557. The second kappa shape index (κ2) is 9.27. The molecule has 0 saturated carbocycles. The number of benzene rings is 2. The number of carbonyl (C=O) groups is 3. The fourth-order valence-corrected chi connectivity index (χ4v) is 2.86. The summed E-state index contributed by atoms with van der Waals surface area (Å²) >= 11 is 5.82. The van der Waals surface area contributed by atoms with Gasteiger partial charge in [0, 0.05) is 24.5 Å². The van der Waals surface area contributed by atoms with E-state index in [0.29, 0.717) is 27.8 Å². The van der Waals surface area contributed by atoms with E-state index in [9.17, 15) is 14.4 Å². The van der Waals surface area contributed by atoms with Gasteiger partial charge < -0.3 is 16.4 Å². The summed E-state index contributed by atoms with van der Waals surface area (Å²) in [4.78, 5) is 42.1. The van der Waals surface area contributed by atoms with E-state index in [-0.39, 0.29) is 5.56 Å². The molecule has 8 nitrogen and oxygen atoms in total. The van der Waals surface area contributed by atoms with Gasteiger partial charge in [0.15, 0.2) is 0 Å². The highest BCUT2D eigenvalue weighted by molar-refractivity contribution is 6.30. The van der Waals surface area contributed by atoms with Gasteiger partial charge in [0.1, 0.15) is 5.82 Å². The van der Waals surface area contributed by atoms with Gasteiger partial charge in [-0.05, 0) is 55.5 Å². The lowest BCUT2D eigenvalue weighted by Crippen LogP contribution is -2.31. The molecule has 9 heteroatoms. The molecule has 4 amide bonds. The van der Waals surface area contributed by atoms with E-state index in [1.807, 2.05) is 6.92 Å². The summed E-state index contributed by atoms with van der Waals surface area (Å²) in [5.74, 6) is -0.495. The third kappa shape index (κ3) is 5.37. The van der Waals surface area contributed by atoms with Crippen LogP contribution in [0.3, 0.4) is 0 Å². The number of primary amides is 1. The molecular formula is C22H20ClN5O3. The highest BCUT2D eigenvalue weighted by atomic mass is 35.5. The maximum Gasteiger partial charge on any atom is 0.318 e. The fraction of sp³-hybridized carbons (Fsp3) is 0.0909. The lowest BCUT2D eigenvalue weighted by Gasteiger charge is -2.15. The summed E-state index contributed by atoms with van der Waals surface area (Å²) in [6.45, 7) is 1.84. The van der Waals surface area contributed by atoms with Crippen molar-refractivity contribution >= 4 is 46.6 Å². The van der Waals surface area contributed by atoms with Crippen molar-refractivity contribution in [3.63, 3.8) is 0 Å². The standard InChI is InChI=1S/C22H20ClN5O3/c1-13-3-9-18(17(11-13)21(30)27-19-10-6-15(23)12-25-19)26-20(29)14-4-7-16(8-5-14)28(2)22(24)31/h3-12H,1-2H3,(H2,24,31)(H,26,29)(H,25,27,30). The Morgan fingerprint density at radius 1 is 0.968 bits per heavy atom. The molecule has 0 saturated heterocycles. The van der Waals surface area contributed by atoms with Crippen molar-refractivity contribution in [2.75, 3.05) is 22.6 Å². The topological polar surface area (TPSA) is 117 Å². The third-order valence-corrected chi connectivity index (χ3v) is 4.71. The van der Waals surface area contributed by atoms with Gasteiger partial charge in [-0.3, -0.25) is 14.5 Å². The lowest BCUT2D eigenvalue weighted by molar-refractivity contribution is 0.102.